The van der Waals surface area contributed by atoms with E-state index < -0.39 is 0 Å². The first-order valence-electron chi connectivity index (χ1n) is 6.37. The molecule has 0 spiro atoms. The van der Waals surface area contributed by atoms with Gasteiger partial charge >= 0.3 is 0 Å². The van der Waals surface area contributed by atoms with E-state index in [9.17, 15) is 0 Å². The lowest BCUT2D eigenvalue weighted by Crippen LogP contribution is -2.26. The second-order valence-electron chi connectivity index (χ2n) is 5.17. The summed E-state index contributed by atoms with van der Waals surface area (Å²) < 4.78 is 5.92. The third-order valence-corrected chi connectivity index (χ3v) is 4.03. The van der Waals surface area contributed by atoms with Gasteiger partial charge in [-0.3, -0.25) is 4.98 Å². The molecule has 1 aromatic rings. The topological polar surface area (TPSA) is 22.1 Å². The molecule has 1 aromatic heterocycles. The van der Waals surface area contributed by atoms with Gasteiger partial charge in [-0.1, -0.05) is 25.4 Å². The van der Waals surface area contributed by atoms with E-state index in [1.165, 1.54) is 19.3 Å². The highest BCUT2D eigenvalue weighted by atomic mass is 35.5. The maximum absolute atomic E-state index is 5.92. The second kappa shape index (κ2) is 5.83. The van der Waals surface area contributed by atoms with Gasteiger partial charge in [0.1, 0.15) is 0 Å². The van der Waals surface area contributed by atoms with Gasteiger partial charge in [0.15, 0.2) is 0 Å². The van der Waals surface area contributed by atoms with Crippen molar-refractivity contribution in [1.82, 2.24) is 4.98 Å². The predicted molar refractivity (Wildman–Crippen MR) is 70.0 cm³/mol. The molecule has 94 valence electrons. The molecule has 0 saturated heterocycles. The standard InChI is InChI=1S/C14H20ClNO/c1-10-3-4-14(7-11(10)2)17-9-13-8-12(15)5-6-16-13/h5-6,8,10-11,14H,3-4,7,9H2,1-2H3. The summed E-state index contributed by atoms with van der Waals surface area (Å²) in [5.41, 5.74) is 0.920. The van der Waals surface area contributed by atoms with E-state index in [1.54, 1.807) is 12.3 Å². The first-order valence-corrected chi connectivity index (χ1v) is 6.75. The van der Waals surface area contributed by atoms with Crippen LogP contribution < -0.4 is 0 Å². The Morgan fingerprint density at radius 3 is 2.88 bits per heavy atom. The molecule has 2 rings (SSSR count). The van der Waals surface area contributed by atoms with Gasteiger partial charge in [0.05, 0.1) is 18.4 Å². The Balaban J connectivity index is 1.82. The van der Waals surface area contributed by atoms with Gasteiger partial charge in [-0.05, 0) is 43.2 Å². The number of ether oxygens (including phenoxy) is 1. The predicted octanol–water partition coefficient (Wildman–Crippen LogP) is 4.08. The third-order valence-electron chi connectivity index (χ3n) is 3.80. The van der Waals surface area contributed by atoms with Crippen molar-refractivity contribution in [3.63, 3.8) is 0 Å². The zero-order valence-corrected chi connectivity index (χ0v) is 11.3. The molecule has 1 aliphatic carbocycles. The maximum Gasteiger partial charge on any atom is 0.0892 e. The van der Waals surface area contributed by atoms with Crippen molar-refractivity contribution in [1.29, 1.82) is 0 Å². The number of nitrogens with zero attached hydrogens (tertiary/aromatic N) is 1. The molecule has 0 amide bonds. The molecule has 1 fully saturated rings. The molecule has 1 saturated carbocycles. The van der Waals surface area contributed by atoms with Gasteiger partial charge in [0.25, 0.3) is 0 Å². The number of halogens is 1. The fourth-order valence-corrected chi connectivity index (χ4v) is 2.56. The van der Waals surface area contributed by atoms with Crippen molar-refractivity contribution in [2.45, 2.75) is 45.8 Å². The van der Waals surface area contributed by atoms with Crippen molar-refractivity contribution in [2.24, 2.45) is 11.8 Å². The summed E-state index contributed by atoms with van der Waals surface area (Å²) in [7, 11) is 0. The van der Waals surface area contributed by atoms with Gasteiger partial charge in [0.2, 0.25) is 0 Å². The SMILES string of the molecule is CC1CCC(OCc2cc(Cl)ccn2)CC1C. The van der Waals surface area contributed by atoms with Crippen LogP contribution in [0.5, 0.6) is 0 Å². The van der Waals surface area contributed by atoms with Crippen LogP contribution >= 0.6 is 11.6 Å². The molecule has 17 heavy (non-hydrogen) atoms. The summed E-state index contributed by atoms with van der Waals surface area (Å²) in [6.45, 7) is 5.23. The monoisotopic (exact) mass is 253 g/mol. The van der Waals surface area contributed by atoms with Crippen molar-refractivity contribution in [2.75, 3.05) is 0 Å². The zero-order chi connectivity index (χ0) is 12.3. The summed E-state index contributed by atoms with van der Waals surface area (Å²) >= 11 is 5.91. The minimum absolute atomic E-state index is 0.391. The van der Waals surface area contributed by atoms with Gasteiger partial charge < -0.3 is 4.74 Å². The first kappa shape index (κ1) is 12.8. The van der Waals surface area contributed by atoms with E-state index >= 15 is 0 Å². The lowest BCUT2D eigenvalue weighted by Gasteiger charge is -2.31. The molecule has 1 heterocycles. The highest BCUT2D eigenvalue weighted by Gasteiger charge is 2.24. The molecular formula is C14H20ClNO. The Morgan fingerprint density at radius 2 is 2.18 bits per heavy atom. The van der Waals surface area contributed by atoms with Crippen molar-refractivity contribution >= 4 is 11.6 Å². The second-order valence-corrected chi connectivity index (χ2v) is 5.60. The first-order chi connectivity index (χ1) is 8.15. The number of hydrogen-bond donors (Lipinski definition) is 0. The van der Waals surface area contributed by atoms with Crippen LogP contribution in [0.4, 0.5) is 0 Å². The number of aromatic nitrogens is 1. The molecule has 0 aromatic carbocycles. The quantitative estimate of drug-likeness (QED) is 0.810. The summed E-state index contributed by atoms with van der Waals surface area (Å²) in [5, 5.41) is 0.726. The van der Waals surface area contributed by atoms with Gasteiger partial charge in [0, 0.05) is 11.2 Å². The highest BCUT2D eigenvalue weighted by Crippen LogP contribution is 2.31. The van der Waals surface area contributed by atoms with Crippen LogP contribution in [-0.4, -0.2) is 11.1 Å². The van der Waals surface area contributed by atoms with Crippen LogP contribution in [0.15, 0.2) is 18.3 Å². The van der Waals surface area contributed by atoms with Crippen LogP contribution in [0.1, 0.15) is 38.8 Å². The fraction of sp³-hybridized carbons (Fsp3) is 0.643. The average Bonchev–Trinajstić information content (AvgIpc) is 2.31. The minimum Gasteiger partial charge on any atom is -0.372 e. The Kier molecular flexibility index (Phi) is 4.41. The van der Waals surface area contributed by atoms with E-state index in [0.717, 1.165) is 22.6 Å². The fourth-order valence-electron chi connectivity index (χ4n) is 2.38. The smallest absolute Gasteiger partial charge is 0.0892 e. The Hall–Kier alpha value is -0.600. The van der Waals surface area contributed by atoms with Crippen LogP contribution in [0.2, 0.25) is 5.02 Å². The van der Waals surface area contributed by atoms with Gasteiger partial charge in [-0.25, -0.2) is 0 Å². The van der Waals surface area contributed by atoms with Crippen molar-refractivity contribution < 1.29 is 4.74 Å². The van der Waals surface area contributed by atoms with Crippen LogP contribution in [-0.2, 0) is 11.3 Å². The average molecular weight is 254 g/mol. The molecule has 2 nitrogen and oxygen atoms in total. The zero-order valence-electron chi connectivity index (χ0n) is 10.5. The Morgan fingerprint density at radius 1 is 1.35 bits per heavy atom. The summed E-state index contributed by atoms with van der Waals surface area (Å²) in [6, 6.07) is 3.66. The molecule has 0 radical (unpaired) electrons. The summed E-state index contributed by atoms with van der Waals surface area (Å²) in [5.74, 6) is 1.60. The van der Waals surface area contributed by atoms with Gasteiger partial charge in [-0.15, -0.1) is 0 Å². The number of pyridine rings is 1. The van der Waals surface area contributed by atoms with Crippen LogP contribution in [0.25, 0.3) is 0 Å². The highest BCUT2D eigenvalue weighted by molar-refractivity contribution is 6.30. The Labute approximate surface area is 108 Å². The van der Waals surface area contributed by atoms with Crippen LogP contribution in [0.3, 0.4) is 0 Å². The minimum atomic E-state index is 0.391. The molecule has 0 bridgehead atoms. The lowest BCUT2D eigenvalue weighted by molar-refractivity contribution is -0.00875. The third kappa shape index (κ3) is 3.68. The van der Waals surface area contributed by atoms with Gasteiger partial charge in [-0.2, -0.15) is 0 Å². The number of rotatable bonds is 3. The van der Waals surface area contributed by atoms with Crippen molar-refractivity contribution in [3.8, 4) is 0 Å². The number of hydrogen-bond acceptors (Lipinski definition) is 2. The largest absolute Gasteiger partial charge is 0.372 e. The van der Waals surface area contributed by atoms with Crippen molar-refractivity contribution in [3.05, 3.63) is 29.0 Å². The van der Waals surface area contributed by atoms with E-state index in [1.807, 2.05) is 6.07 Å². The molecule has 0 aliphatic heterocycles. The molecule has 1 aliphatic rings. The molecule has 3 unspecified atom stereocenters. The summed E-state index contributed by atoms with van der Waals surface area (Å²) in [4.78, 5) is 4.25. The molecule has 3 heteroatoms. The van der Waals surface area contributed by atoms with E-state index in [0.29, 0.717) is 12.7 Å². The Bertz CT molecular complexity index is 369. The van der Waals surface area contributed by atoms with E-state index in [2.05, 4.69) is 18.8 Å². The molecular weight excluding hydrogens is 234 g/mol. The van der Waals surface area contributed by atoms with E-state index in [-0.39, 0.29) is 0 Å². The lowest BCUT2D eigenvalue weighted by atomic mass is 9.80. The van der Waals surface area contributed by atoms with E-state index in [4.69, 9.17) is 16.3 Å². The molecule has 0 N–H and O–H groups in total. The molecule has 3 atom stereocenters. The normalized spacial score (nSPS) is 29.2. The maximum atomic E-state index is 5.92. The van der Waals surface area contributed by atoms with Crippen LogP contribution in [0, 0.1) is 11.8 Å². The summed E-state index contributed by atoms with van der Waals surface area (Å²) in [6.07, 6.45) is 5.73.